The second-order valence-electron chi connectivity index (χ2n) is 6.49. The van der Waals surface area contributed by atoms with Crippen LogP contribution in [0, 0.1) is 11.8 Å². The molecular formula is C18H30N2O. The summed E-state index contributed by atoms with van der Waals surface area (Å²) in [5.41, 5.74) is 7.56. The third-order valence-electron chi connectivity index (χ3n) is 4.65. The Morgan fingerprint density at radius 3 is 2.33 bits per heavy atom. The number of benzene rings is 1. The quantitative estimate of drug-likeness (QED) is 0.872. The van der Waals surface area contributed by atoms with Gasteiger partial charge in [-0.1, -0.05) is 26.0 Å². The SMILES string of the molecule is CCOc1ccc(C(N)CN2CCC(C(C)C)CC2)cc1. The molecule has 2 rings (SSSR count). The van der Waals surface area contributed by atoms with E-state index in [1.165, 1.54) is 31.5 Å². The fourth-order valence-electron chi connectivity index (χ4n) is 3.16. The highest BCUT2D eigenvalue weighted by molar-refractivity contribution is 5.29. The summed E-state index contributed by atoms with van der Waals surface area (Å²) in [4.78, 5) is 2.51. The maximum absolute atomic E-state index is 6.36. The van der Waals surface area contributed by atoms with Crippen LogP contribution in [0.3, 0.4) is 0 Å². The third kappa shape index (κ3) is 4.72. The summed E-state index contributed by atoms with van der Waals surface area (Å²) in [5, 5.41) is 0. The summed E-state index contributed by atoms with van der Waals surface area (Å²) >= 11 is 0. The Balaban J connectivity index is 1.83. The maximum atomic E-state index is 6.36. The predicted molar refractivity (Wildman–Crippen MR) is 88.5 cm³/mol. The summed E-state index contributed by atoms with van der Waals surface area (Å²) in [6.07, 6.45) is 2.63. The first-order valence-corrected chi connectivity index (χ1v) is 8.30. The first kappa shape index (κ1) is 16.3. The Morgan fingerprint density at radius 1 is 1.19 bits per heavy atom. The van der Waals surface area contributed by atoms with Crippen LogP contribution < -0.4 is 10.5 Å². The van der Waals surface area contributed by atoms with Crippen LogP contribution in [0.4, 0.5) is 0 Å². The Kier molecular flexibility index (Phi) is 6.07. The van der Waals surface area contributed by atoms with E-state index in [1.807, 2.05) is 19.1 Å². The van der Waals surface area contributed by atoms with Gasteiger partial charge in [-0.15, -0.1) is 0 Å². The van der Waals surface area contributed by atoms with Crippen LogP contribution in [0.1, 0.15) is 45.2 Å². The third-order valence-corrected chi connectivity index (χ3v) is 4.65. The summed E-state index contributed by atoms with van der Waals surface area (Å²) < 4.78 is 5.47. The molecule has 118 valence electrons. The first-order valence-electron chi connectivity index (χ1n) is 8.30. The fourth-order valence-corrected chi connectivity index (χ4v) is 3.16. The van der Waals surface area contributed by atoms with E-state index in [0.29, 0.717) is 6.61 Å². The molecule has 1 aromatic carbocycles. The molecule has 2 N–H and O–H groups in total. The van der Waals surface area contributed by atoms with Gasteiger partial charge in [-0.3, -0.25) is 0 Å². The van der Waals surface area contributed by atoms with E-state index in [2.05, 4.69) is 30.9 Å². The molecule has 0 spiro atoms. The monoisotopic (exact) mass is 290 g/mol. The lowest BCUT2D eigenvalue weighted by Gasteiger charge is -2.35. The standard InChI is InChI=1S/C18H30N2O/c1-4-21-17-7-5-16(6-8-17)18(19)13-20-11-9-15(10-12-20)14(2)3/h5-8,14-15,18H,4,9-13,19H2,1-3H3. The van der Waals surface area contributed by atoms with Gasteiger partial charge in [-0.2, -0.15) is 0 Å². The molecule has 1 aliphatic heterocycles. The van der Waals surface area contributed by atoms with Crippen molar-refractivity contribution in [2.24, 2.45) is 17.6 Å². The smallest absolute Gasteiger partial charge is 0.119 e. The largest absolute Gasteiger partial charge is 0.494 e. The zero-order valence-electron chi connectivity index (χ0n) is 13.7. The van der Waals surface area contributed by atoms with E-state index in [1.54, 1.807) is 0 Å². The van der Waals surface area contributed by atoms with Crippen molar-refractivity contribution in [3.05, 3.63) is 29.8 Å². The minimum atomic E-state index is 0.0938. The number of nitrogens with two attached hydrogens (primary N) is 1. The van der Waals surface area contributed by atoms with Crippen LogP contribution in [-0.4, -0.2) is 31.1 Å². The molecule has 1 unspecified atom stereocenters. The average Bonchev–Trinajstić information content (AvgIpc) is 2.49. The summed E-state index contributed by atoms with van der Waals surface area (Å²) in [5.74, 6) is 2.63. The van der Waals surface area contributed by atoms with E-state index >= 15 is 0 Å². The predicted octanol–water partition coefficient (Wildman–Crippen LogP) is 3.45. The highest BCUT2D eigenvalue weighted by Gasteiger charge is 2.22. The van der Waals surface area contributed by atoms with Gasteiger partial charge in [0.1, 0.15) is 5.75 Å². The van der Waals surface area contributed by atoms with Crippen LogP contribution in [0.5, 0.6) is 5.75 Å². The fraction of sp³-hybridized carbons (Fsp3) is 0.667. The summed E-state index contributed by atoms with van der Waals surface area (Å²) in [6, 6.07) is 8.32. The van der Waals surface area contributed by atoms with Crippen molar-refractivity contribution in [1.82, 2.24) is 4.90 Å². The Bertz CT molecular complexity index is 408. The number of hydrogen-bond acceptors (Lipinski definition) is 3. The molecular weight excluding hydrogens is 260 g/mol. The molecule has 1 saturated heterocycles. The molecule has 3 nitrogen and oxygen atoms in total. The van der Waals surface area contributed by atoms with Gasteiger partial charge in [0.15, 0.2) is 0 Å². The minimum Gasteiger partial charge on any atom is -0.494 e. The van der Waals surface area contributed by atoms with Crippen LogP contribution in [0.25, 0.3) is 0 Å². The molecule has 0 saturated carbocycles. The van der Waals surface area contributed by atoms with Crippen molar-refractivity contribution in [3.8, 4) is 5.75 Å². The van der Waals surface area contributed by atoms with Crippen LogP contribution in [0.2, 0.25) is 0 Å². The van der Waals surface area contributed by atoms with Crippen molar-refractivity contribution in [2.45, 2.75) is 39.7 Å². The van der Waals surface area contributed by atoms with Crippen molar-refractivity contribution in [1.29, 1.82) is 0 Å². The summed E-state index contributed by atoms with van der Waals surface area (Å²) in [6.45, 7) is 10.7. The van der Waals surface area contributed by atoms with Crippen LogP contribution >= 0.6 is 0 Å². The number of rotatable bonds is 6. The minimum absolute atomic E-state index is 0.0938. The molecule has 0 radical (unpaired) electrons. The number of piperidine rings is 1. The zero-order chi connectivity index (χ0) is 15.2. The van der Waals surface area contributed by atoms with Gasteiger partial charge in [0.05, 0.1) is 6.61 Å². The number of likely N-dealkylation sites (tertiary alicyclic amines) is 1. The zero-order valence-corrected chi connectivity index (χ0v) is 13.7. The molecule has 1 aliphatic rings. The van der Waals surface area contributed by atoms with Gasteiger partial charge in [-0.25, -0.2) is 0 Å². The highest BCUT2D eigenvalue weighted by Crippen LogP contribution is 2.25. The second kappa shape index (κ2) is 7.81. The summed E-state index contributed by atoms with van der Waals surface area (Å²) in [7, 11) is 0. The second-order valence-corrected chi connectivity index (χ2v) is 6.49. The highest BCUT2D eigenvalue weighted by atomic mass is 16.5. The van der Waals surface area contributed by atoms with Crippen molar-refractivity contribution in [3.63, 3.8) is 0 Å². The van der Waals surface area contributed by atoms with E-state index < -0.39 is 0 Å². The molecule has 1 heterocycles. The van der Waals surface area contributed by atoms with Crippen LogP contribution in [0.15, 0.2) is 24.3 Å². The van der Waals surface area contributed by atoms with Gasteiger partial charge < -0.3 is 15.4 Å². The Morgan fingerprint density at radius 2 is 1.81 bits per heavy atom. The Hall–Kier alpha value is -1.06. The van der Waals surface area contributed by atoms with Gasteiger partial charge in [0.25, 0.3) is 0 Å². The van der Waals surface area contributed by atoms with Crippen molar-refractivity contribution in [2.75, 3.05) is 26.2 Å². The molecule has 21 heavy (non-hydrogen) atoms. The topological polar surface area (TPSA) is 38.5 Å². The lowest BCUT2D eigenvalue weighted by Crippen LogP contribution is -2.39. The number of ether oxygens (including phenoxy) is 1. The lowest BCUT2D eigenvalue weighted by atomic mass is 9.86. The molecule has 0 amide bonds. The van der Waals surface area contributed by atoms with Crippen molar-refractivity contribution >= 4 is 0 Å². The maximum Gasteiger partial charge on any atom is 0.119 e. The van der Waals surface area contributed by atoms with E-state index in [9.17, 15) is 0 Å². The molecule has 1 fully saturated rings. The molecule has 1 aromatic rings. The molecule has 0 aliphatic carbocycles. The van der Waals surface area contributed by atoms with E-state index in [-0.39, 0.29) is 6.04 Å². The molecule has 0 aromatic heterocycles. The molecule has 0 bridgehead atoms. The normalized spacial score (nSPS) is 18.9. The van der Waals surface area contributed by atoms with Gasteiger partial charge in [-0.05, 0) is 62.4 Å². The molecule has 1 atom stereocenters. The van der Waals surface area contributed by atoms with Gasteiger partial charge in [0, 0.05) is 12.6 Å². The van der Waals surface area contributed by atoms with Gasteiger partial charge >= 0.3 is 0 Å². The lowest BCUT2D eigenvalue weighted by molar-refractivity contribution is 0.151. The number of hydrogen-bond donors (Lipinski definition) is 1. The number of nitrogens with zero attached hydrogens (tertiary/aromatic N) is 1. The van der Waals surface area contributed by atoms with Gasteiger partial charge in [0.2, 0.25) is 0 Å². The van der Waals surface area contributed by atoms with Crippen molar-refractivity contribution < 1.29 is 4.74 Å². The van der Waals surface area contributed by atoms with E-state index in [0.717, 1.165) is 24.1 Å². The van der Waals surface area contributed by atoms with Crippen LogP contribution in [-0.2, 0) is 0 Å². The molecule has 3 heteroatoms. The Labute approximate surface area is 129 Å². The first-order chi connectivity index (χ1) is 10.1. The average molecular weight is 290 g/mol. The van der Waals surface area contributed by atoms with E-state index in [4.69, 9.17) is 10.5 Å².